The molecule has 0 spiro atoms. The minimum absolute atomic E-state index is 0.551. The van der Waals surface area contributed by atoms with Crippen LogP contribution in [0.25, 0.3) is 11.1 Å². The first-order chi connectivity index (χ1) is 13.0. The number of hydrogen-bond acceptors (Lipinski definition) is 5. The zero-order valence-electron chi connectivity index (χ0n) is 16.7. The lowest BCUT2D eigenvalue weighted by Gasteiger charge is -2.39. The quantitative estimate of drug-likeness (QED) is 0.844. The summed E-state index contributed by atoms with van der Waals surface area (Å²) in [6, 6.07) is 14.4. The van der Waals surface area contributed by atoms with Crippen molar-refractivity contribution >= 4 is 0 Å². The van der Waals surface area contributed by atoms with Crippen molar-refractivity contribution in [2.75, 3.05) is 40.4 Å². The Kier molecular flexibility index (Phi) is 6.37. The summed E-state index contributed by atoms with van der Waals surface area (Å²) in [5, 5.41) is 10.9. The lowest BCUT2D eigenvalue weighted by molar-refractivity contribution is -0.0321. The summed E-state index contributed by atoms with van der Waals surface area (Å²) >= 11 is 0. The lowest BCUT2D eigenvalue weighted by atomic mass is 10.0. The average molecular weight is 370 g/mol. The van der Waals surface area contributed by atoms with E-state index in [2.05, 4.69) is 23.6 Å². The van der Waals surface area contributed by atoms with Crippen LogP contribution in [0.5, 0.6) is 11.5 Å². The molecule has 0 saturated carbocycles. The van der Waals surface area contributed by atoms with Crippen LogP contribution < -0.4 is 9.47 Å². The number of aliphatic hydroxyl groups is 1. The molecule has 2 aromatic carbocycles. The van der Waals surface area contributed by atoms with E-state index in [9.17, 15) is 5.11 Å². The number of rotatable bonds is 6. The molecule has 3 rings (SSSR count). The predicted octanol–water partition coefficient (Wildman–Crippen LogP) is 3.39. The highest BCUT2D eigenvalue weighted by Crippen LogP contribution is 2.34. The van der Waals surface area contributed by atoms with Crippen molar-refractivity contribution in [1.29, 1.82) is 0 Å². The Balaban J connectivity index is 1.80. The number of piperazine rings is 1. The maximum absolute atomic E-state index is 10.9. The molecule has 1 heterocycles. The number of hydrogen-bond donors (Lipinski definition) is 1. The first-order valence-electron chi connectivity index (χ1n) is 9.52. The van der Waals surface area contributed by atoms with Gasteiger partial charge in [0.15, 0.2) is 0 Å². The maximum Gasteiger partial charge on any atom is 0.133 e. The van der Waals surface area contributed by atoms with E-state index >= 15 is 0 Å². The number of nitrogens with zero attached hydrogens (tertiary/aromatic N) is 2. The third-order valence-corrected chi connectivity index (χ3v) is 5.33. The maximum atomic E-state index is 10.9. The molecule has 0 aliphatic carbocycles. The Bertz CT molecular complexity index is 755. The fourth-order valence-electron chi connectivity index (χ4n) is 3.61. The minimum atomic E-state index is -0.594. The highest BCUT2D eigenvalue weighted by atomic mass is 16.5. The predicted molar refractivity (Wildman–Crippen MR) is 108 cm³/mol. The van der Waals surface area contributed by atoms with Gasteiger partial charge in [-0.1, -0.05) is 18.2 Å². The second-order valence-electron chi connectivity index (χ2n) is 7.23. The summed E-state index contributed by atoms with van der Waals surface area (Å²) in [5.74, 6) is 1.52. The molecule has 2 aromatic rings. The molecular weight excluding hydrogens is 340 g/mol. The summed E-state index contributed by atoms with van der Waals surface area (Å²) in [5.41, 5.74) is 2.91. The van der Waals surface area contributed by atoms with Gasteiger partial charge in [0.2, 0.25) is 0 Å². The number of aliphatic hydroxyl groups excluding tert-OH is 1. The lowest BCUT2D eigenvalue weighted by Crippen LogP contribution is -2.49. The standard InChI is InChI=1S/C22H30N2O3/c1-16(2)23-10-12-24(13-11-23)22(25)18-7-5-6-17(14-18)20-9-8-19(26-3)15-21(20)27-4/h5-9,14-16,22,25H,10-13H2,1-4H3. The Hall–Kier alpha value is -2.08. The van der Waals surface area contributed by atoms with Crippen molar-refractivity contribution in [3.05, 3.63) is 48.0 Å². The normalized spacial score (nSPS) is 17.1. The van der Waals surface area contributed by atoms with Crippen LogP contribution in [-0.4, -0.2) is 61.3 Å². The van der Waals surface area contributed by atoms with Crippen molar-refractivity contribution in [3.8, 4) is 22.6 Å². The van der Waals surface area contributed by atoms with Crippen molar-refractivity contribution in [3.63, 3.8) is 0 Å². The summed E-state index contributed by atoms with van der Waals surface area (Å²) in [6.45, 7) is 8.15. The summed E-state index contributed by atoms with van der Waals surface area (Å²) in [7, 11) is 3.30. The van der Waals surface area contributed by atoms with Crippen LogP contribution in [0.2, 0.25) is 0 Å². The van der Waals surface area contributed by atoms with Gasteiger partial charge in [0.05, 0.1) is 14.2 Å². The third kappa shape index (κ3) is 4.43. The topological polar surface area (TPSA) is 45.2 Å². The van der Waals surface area contributed by atoms with Gasteiger partial charge in [0, 0.05) is 43.9 Å². The van der Waals surface area contributed by atoms with Gasteiger partial charge in [-0.3, -0.25) is 9.80 Å². The molecule has 27 heavy (non-hydrogen) atoms. The monoisotopic (exact) mass is 370 g/mol. The van der Waals surface area contributed by atoms with Gasteiger partial charge in [-0.05, 0) is 43.2 Å². The Morgan fingerprint density at radius 3 is 2.22 bits per heavy atom. The van der Waals surface area contributed by atoms with Gasteiger partial charge >= 0.3 is 0 Å². The van der Waals surface area contributed by atoms with Crippen LogP contribution >= 0.6 is 0 Å². The Morgan fingerprint density at radius 2 is 1.59 bits per heavy atom. The van der Waals surface area contributed by atoms with E-state index in [0.29, 0.717) is 6.04 Å². The van der Waals surface area contributed by atoms with Crippen LogP contribution in [0.3, 0.4) is 0 Å². The number of methoxy groups -OCH3 is 2. The first kappa shape index (κ1) is 19.7. The van der Waals surface area contributed by atoms with Crippen LogP contribution in [-0.2, 0) is 0 Å². The highest BCUT2D eigenvalue weighted by molar-refractivity contribution is 5.72. The Labute approximate surface area is 162 Å². The van der Waals surface area contributed by atoms with Crippen molar-refractivity contribution in [1.82, 2.24) is 9.80 Å². The van der Waals surface area contributed by atoms with E-state index in [0.717, 1.165) is 54.4 Å². The molecule has 0 radical (unpaired) electrons. The first-order valence-corrected chi connectivity index (χ1v) is 9.52. The van der Waals surface area contributed by atoms with Gasteiger partial charge in [0.25, 0.3) is 0 Å². The average Bonchev–Trinajstić information content (AvgIpc) is 2.72. The molecule has 0 amide bonds. The van der Waals surface area contributed by atoms with E-state index in [-0.39, 0.29) is 0 Å². The second kappa shape index (κ2) is 8.74. The van der Waals surface area contributed by atoms with Crippen LogP contribution in [0.1, 0.15) is 25.6 Å². The third-order valence-electron chi connectivity index (χ3n) is 5.33. The van der Waals surface area contributed by atoms with E-state index in [1.807, 2.05) is 42.5 Å². The van der Waals surface area contributed by atoms with Gasteiger partial charge in [-0.25, -0.2) is 0 Å². The van der Waals surface area contributed by atoms with Crippen molar-refractivity contribution < 1.29 is 14.6 Å². The Morgan fingerprint density at radius 1 is 0.889 bits per heavy atom. The molecule has 0 bridgehead atoms. The minimum Gasteiger partial charge on any atom is -0.497 e. The summed E-state index contributed by atoms with van der Waals surface area (Å²) < 4.78 is 10.8. The van der Waals surface area contributed by atoms with Crippen molar-refractivity contribution in [2.24, 2.45) is 0 Å². The molecule has 1 aliphatic rings. The zero-order valence-corrected chi connectivity index (χ0v) is 16.7. The van der Waals surface area contributed by atoms with Crippen LogP contribution in [0, 0.1) is 0 Å². The van der Waals surface area contributed by atoms with Gasteiger partial charge in [0.1, 0.15) is 17.7 Å². The van der Waals surface area contributed by atoms with Gasteiger partial charge < -0.3 is 14.6 Å². The van der Waals surface area contributed by atoms with E-state index in [1.165, 1.54) is 0 Å². The largest absolute Gasteiger partial charge is 0.497 e. The molecule has 1 unspecified atom stereocenters. The van der Waals surface area contributed by atoms with Gasteiger partial charge in [-0.15, -0.1) is 0 Å². The molecule has 5 nitrogen and oxygen atoms in total. The van der Waals surface area contributed by atoms with Crippen LogP contribution in [0.15, 0.2) is 42.5 Å². The molecule has 146 valence electrons. The molecule has 1 N–H and O–H groups in total. The number of benzene rings is 2. The van der Waals surface area contributed by atoms with Crippen LogP contribution in [0.4, 0.5) is 0 Å². The second-order valence-corrected chi connectivity index (χ2v) is 7.23. The molecule has 1 aliphatic heterocycles. The fraction of sp³-hybridized carbons (Fsp3) is 0.455. The molecule has 1 atom stereocenters. The smallest absolute Gasteiger partial charge is 0.133 e. The molecular formula is C22H30N2O3. The molecule has 0 aromatic heterocycles. The van der Waals surface area contributed by atoms with Gasteiger partial charge in [-0.2, -0.15) is 0 Å². The number of ether oxygens (including phenoxy) is 2. The van der Waals surface area contributed by atoms with Crippen molar-refractivity contribution in [2.45, 2.75) is 26.1 Å². The van der Waals surface area contributed by atoms with E-state index < -0.39 is 6.23 Å². The molecule has 1 saturated heterocycles. The summed E-state index contributed by atoms with van der Waals surface area (Å²) in [4.78, 5) is 4.59. The van der Waals surface area contributed by atoms with E-state index in [1.54, 1.807) is 14.2 Å². The zero-order chi connectivity index (χ0) is 19.4. The fourth-order valence-corrected chi connectivity index (χ4v) is 3.61. The molecule has 5 heteroatoms. The highest BCUT2D eigenvalue weighted by Gasteiger charge is 2.24. The molecule has 1 fully saturated rings. The summed E-state index contributed by atoms with van der Waals surface area (Å²) in [6.07, 6.45) is -0.594. The van der Waals surface area contributed by atoms with E-state index in [4.69, 9.17) is 9.47 Å². The SMILES string of the molecule is COc1ccc(-c2cccc(C(O)N3CCN(C(C)C)CC3)c2)c(OC)c1.